The molecule has 2 aliphatic heterocycles. The lowest BCUT2D eigenvalue weighted by atomic mass is 9.58. The van der Waals surface area contributed by atoms with Crippen LogP contribution in [0.4, 0.5) is 0 Å². The second-order valence-corrected chi connectivity index (χ2v) is 11.1. The van der Waals surface area contributed by atoms with Crippen LogP contribution in [0.1, 0.15) is 76.2 Å². The molecule has 11 heteroatoms. The van der Waals surface area contributed by atoms with Crippen molar-refractivity contribution in [2.75, 3.05) is 13.2 Å². The average Bonchev–Trinajstić information content (AvgIpc) is 3.48. The van der Waals surface area contributed by atoms with E-state index in [1.54, 1.807) is 6.07 Å². The van der Waals surface area contributed by atoms with Crippen molar-refractivity contribution in [1.82, 2.24) is 4.90 Å². The molecule has 2 amide bonds. The van der Waals surface area contributed by atoms with Gasteiger partial charge in [0.2, 0.25) is 11.8 Å². The predicted molar refractivity (Wildman–Crippen MR) is 146 cm³/mol. The van der Waals surface area contributed by atoms with Gasteiger partial charge in [0.05, 0.1) is 24.5 Å². The Morgan fingerprint density at radius 3 is 2.55 bits per heavy atom. The van der Waals surface area contributed by atoms with Crippen LogP contribution in [0.25, 0.3) is 6.08 Å². The number of allylic oxidation sites excluding steroid dienone is 1. The van der Waals surface area contributed by atoms with Crippen molar-refractivity contribution in [1.29, 1.82) is 0 Å². The number of nitrogens with zero attached hydrogens (tertiary/aromatic N) is 1. The number of carbonyl (C=O) groups excluding carboxylic acids is 2. The summed E-state index contributed by atoms with van der Waals surface area (Å²) < 4.78 is 11.6. The van der Waals surface area contributed by atoms with Crippen LogP contribution in [0.5, 0.6) is 0 Å². The minimum atomic E-state index is -1.08. The number of furan rings is 1. The van der Waals surface area contributed by atoms with Gasteiger partial charge in [-0.3, -0.25) is 19.3 Å². The zero-order chi connectivity index (χ0) is 28.8. The summed E-state index contributed by atoms with van der Waals surface area (Å²) in [7, 11) is -1.08. The average molecular weight is 557 g/mol. The van der Waals surface area contributed by atoms with Crippen LogP contribution in [-0.4, -0.2) is 69.4 Å². The zero-order valence-corrected chi connectivity index (χ0v) is 23.1. The molecule has 2 fully saturated rings. The van der Waals surface area contributed by atoms with Crippen molar-refractivity contribution in [3.8, 4) is 0 Å². The molecule has 4 N–H and O–H groups in total. The third kappa shape index (κ3) is 6.76. The molecule has 10 nitrogen and oxygen atoms in total. The van der Waals surface area contributed by atoms with Crippen LogP contribution in [0, 0.1) is 17.8 Å². The second kappa shape index (κ2) is 13.8. The molecule has 3 aliphatic rings. The van der Waals surface area contributed by atoms with Gasteiger partial charge in [-0.2, -0.15) is 0 Å². The first-order valence-corrected chi connectivity index (χ1v) is 14.4. The summed E-state index contributed by atoms with van der Waals surface area (Å²) in [6.07, 6.45) is 6.59. The summed E-state index contributed by atoms with van der Waals surface area (Å²) in [6.45, 7) is 1.92. The summed E-state index contributed by atoms with van der Waals surface area (Å²) in [5, 5.41) is 39.1. The normalized spacial score (nSPS) is 25.1. The van der Waals surface area contributed by atoms with E-state index < -0.39 is 31.0 Å². The first kappa shape index (κ1) is 30.2. The highest BCUT2D eigenvalue weighted by Crippen LogP contribution is 2.50. The van der Waals surface area contributed by atoms with Gasteiger partial charge in [-0.15, -0.1) is 0 Å². The molecule has 40 heavy (non-hydrogen) atoms. The molecule has 2 saturated heterocycles. The molecule has 0 saturated carbocycles. The maximum absolute atomic E-state index is 13.5. The van der Waals surface area contributed by atoms with E-state index in [0.717, 1.165) is 24.0 Å². The lowest BCUT2D eigenvalue weighted by molar-refractivity contribution is -0.141. The number of aliphatic hydroxyl groups excluding tert-OH is 2. The molecule has 0 radical (unpaired) electrons. The van der Waals surface area contributed by atoms with E-state index in [9.17, 15) is 29.6 Å². The molecule has 0 spiro atoms. The fourth-order valence-electron chi connectivity index (χ4n) is 6.58. The number of likely N-dealkylation sites (tertiary alicyclic amines) is 1. The van der Waals surface area contributed by atoms with Crippen molar-refractivity contribution in [3.05, 3.63) is 40.4 Å². The molecule has 0 bridgehead atoms. The highest BCUT2D eigenvalue weighted by atomic mass is 16.5. The molecule has 4 rings (SSSR count). The Kier molecular flexibility index (Phi) is 10.4. The Hall–Kier alpha value is -2.73. The van der Waals surface area contributed by atoms with Crippen LogP contribution in [0.3, 0.4) is 0 Å². The fraction of sp³-hybridized carbons (Fsp3) is 0.621. The maximum Gasteiger partial charge on any atom is 0.455 e. The number of hydrogen-bond donors (Lipinski definition) is 4. The van der Waals surface area contributed by atoms with E-state index in [2.05, 4.69) is 6.92 Å². The van der Waals surface area contributed by atoms with Gasteiger partial charge in [0.1, 0.15) is 18.1 Å². The summed E-state index contributed by atoms with van der Waals surface area (Å²) in [5.74, 6) is -1.76. The number of imide groups is 1. The molecule has 0 unspecified atom stereocenters. The Morgan fingerprint density at radius 1 is 1.07 bits per heavy atom. The quantitative estimate of drug-likeness (QED) is 0.117. The summed E-state index contributed by atoms with van der Waals surface area (Å²) in [4.78, 5) is 38.9. The highest BCUT2D eigenvalue weighted by molar-refractivity contribution is 6.43. The number of unbranched alkanes of at least 4 members (excludes halogenated alkanes) is 2. The summed E-state index contributed by atoms with van der Waals surface area (Å²) in [6, 6.07) is 3.54. The van der Waals surface area contributed by atoms with Gasteiger partial charge in [0.25, 0.3) is 0 Å². The van der Waals surface area contributed by atoms with Crippen LogP contribution in [-0.2, 0) is 25.6 Å². The lowest BCUT2D eigenvalue weighted by Crippen LogP contribution is -2.46. The van der Waals surface area contributed by atoms with Crippen molar-refractivity contribution in [2.45, 2.75) is 83.7 Å². The number of amides is 2. The van der Waals surface area contributed by atoms with Crippen LogP contribution >= 0.6 is 0 Å². The number of fused-ring (bicyclic) bond motifs is 3. The zero-order valence-electron chi connectivity index (χ0n) is 23.1. The van der Waals surface area contributed by atoms with Crippen molar-refractivity contribution in [2.24, 2.45) is 17.8 Å². The monoisotopic (exact) mass is 557 g/mol. The summed E-state index contributed by atoms with van der Waals surface area (Å²) >= 11 is 0. The first-order valence-electron chi connectivity index (χ1n) is 14.4. The third-order valence-electron chi connectivity index (χ3n) is 8.35. The largest absolute Gasteiger partial charge is 0.481 e. The summed E-state index contributed by atoms with van der Waals surface area (Å²) in [5.41, 5.74) is 2.68. The van der Waals surface area contributed by atoms with E-state index in [1.165, 1.54) is 4.90 Å². The van der Waals surface area contributed by atoms with Gasteiger partial charge >= 0.3 is 13.1 Å². The number of hydrogen-bond acceptors (Lipinski definition) is 8. The van der Waals surface area contributed by atoms with Gasteiger partial charge in [-0.25, -0.2) is 0 Å². The third-order valence-corrected chi connectivity index (χ3v) is 8.35. The number of carboxylic acids is 1. The number of rotatable bonds is 14. The highest BCUT2D eigenvalue weighted by Gasteiger charge is 2.57. The van der Waals surface area contributed by atoms with Crippen LogP contribution < -0.4 is 0 Å². The molecule has 1 aliphatic carbocycles. The Bertz CT molecular complexity index is 1140. The molecule has 0 aromatic carbocycles. The maximum atomic E-state index is 13.5. The molecule has 4 atom stereocenters. The van der Waals surface area contributed by atoms with Crippen molar-refractivity contribution < 1.29 is 43.8 Å². The SMILES string of the molecule is CCC/C(=C\c1ccc(CO)o1)CC[C@H]1OB(O)C[C@H]2C1=C(CO)C[C@H]1C(=O)N(CCCCCC(=O)O)C(=O)[C@H]12. The van der Waals surface area contributed by atoms with E-state index in [-0.39, 0.29) is 56.7 Å². The lowest BCUT2D eigenvalue weighted by Gasteiger charge is -2.43. The van der Waals surface area contributed by atoms with Crippen LogP contribution in [0.2, 0.25) is 6.32 Å². The standard InChI is InChI=1S/C29H40BNO9/c1-2-6-18(13-20-9-10-21(17-33)39-20)8-11-24-26-19(16-32)14-22-27(23(26)15-30(38)40-24)29(37)31(28(22)36)12-5-3-4-7-25(34)35/h9-10,13,22-24,27,32-33,38H,2-8,11-12,14-17H2,1H3,(H,34,35)/b18-13+/t22-,23+,24-,27-/m1/s1. The minimum absolute atomic E-state index is 0.0575. The van der Waals surface area contributed by atoms with Gasteiger partial charge in [-0.05, 0) is 80.1 Å². The smallest absolute Gasteiger partial charge is 0.455 e. The topological polar surface area (TPSA) is 158 Å². The van der Waals surface area contributed by atoms with E-state index in [4.69, 9.17) is 14.2 Å². The van der Waals surface area contributed by atoms with Gasteiger partial charge in [0.15, 0.2) is 0 Å². The van der Waals surface area contributed by atoms with Gasteiger partial charge in [-0.1, -0.05) is 25.3 Å². The number of carbonyl (C=O) groups is 3. The molecule has 1 aromatic heterocycles. The molecule has 3 heterocycles. The molecular formula is C29H40BNO9. The predicted octanol–water partition coefficient (Wildman–Crippen LogP) is 3.17. The second-order valence-electron chi connectivity index (χ2n) is 11.1. The number of aliphatic carboxylic acids is 1. The molecular weight excluding hydrogens is 517 g/mol. The fourth-order valence-corrected chi connectivity index (χ4v) is 6.58. The molecule has 218 valence electrons. The van der Waals surface area contributed by atoms with Gasteiger partial charge in [0, 0.05) is 13.0 Å². The van der Waals surface area contributed by atoms with Crippen molar-refractivity contribution >= 4 is 31.0 Å². The van der Waals surface area contributed by atoms with Crippen LogP contribution in [0.15, 0.2) is 33.3 Å². The number of aliphatic hydroxyl groups is 2. The van der Waals surface area contributed by atoms with Crippen molar-refractivity contribution in [3.63, 3.8) is 0 Å². The molecule has 1 aromatic rings. The Balaban J connectivity index is 1.50. The van der Waals surface area contributed by atoms with E-state index in [1.807, 2.05) is 12.1 Å². The van der Waals surface area contributed by atoms with E-state index >= 15 is 0 Å². The van der Waals surface area contributed by atoms with Gasteiger partial charge < -0.3 is 29.4 Å². The minimum Gasteiger partial charge on any atom is -0.481 e. The number of carboxylic acid groups (broad SMARTS) is 1. The first-order chi connectivity index (χ1) is 19.3. The Morgan fingerprint density at radius 2 is 1.88 bits per heavy atom. The van der Waals surface area contributed by atoms with E-state index in [0.29, 0.717) is 49.2 Å². The Labute approximate surface area is 234 Å².